The molecule has 0 unspecified atom stereocenters. The third-order valence-electron chi connectivity index (χ3n) is 4.89. The Morgan fingerprint density at radius 1 is 1.25 bits per heavy atom. The summed E-state index contributed by atoms with van der Waals surface area (Å²) in [4.78, 5) is 12.4. The summed E-state index contributed by atoms with van der Waals surface area (Å²) in [6.07, 6.45) is 6.27. The summed E-state index contributed by atoms with van der Waals surface area (Å²) in [7, 11) is 0. The maximum Gasteiger partial charge on any atom is 0.233 e. The quantitative estimate of drug-likeness (QED) is 0.659. The van der Waals surface area contributed by atoms with Crippen molar-refractivity contribution in [3.63, 3.8) is 0 Å². The number of hydrogen-bond donors (Lipinski definition) is 2. The van der Waals surface area contributed by atoms with Crippen LogP contribution in [0.1, 0.15) is 44.6 Å². The molecule has 2 N–H and O–H groups in total. The van der Waals surface area contributed by atoms with Gasteiger partial charge in [-0.15, -0.1) is 10.2 Å². The Kier molecular flexibility index (Phi) is 6.21. The van der Waals surface area contributed by atoms with Crippen LogP contribution >= 0.6 is 23.1 Å². The minimum absolute atomic E-state index is 0.0281. The van der Waals surface area contributed by atoms with Crippen LogP contribution in [0.3, 0.4) is 0 Å². The van der Waals surface area contributed by atoms with E-state index in [1.165, 1.54) is 55.2 Å². The van der Waals surface area contributed by atoms with Crippen molar-refractivity contribution in [3.8, 4) is 11.5 Å². The van der Waals surface area contributed by atoms with Crippen molar-refractivity contribution in [3.05, 3.63) is 23.8 Å². The number of aromatic nitrogens is 2. The number of amides is 1. The van der Waals surface area contributed by atoms with Crippen molar-refractivity contribution >= 4 is 34.1 Å². The molecule has 2 heterocycles. The molecule has 2 aromatic rings. The zero-order chi connectivity index (χ0) is 19.3. The smallest absolute Gasteiger partial charge is 0.233 e. The molecule has 2 aliphatic rings. The van der Waals surface area contributed by atoms with E-state index in [0.717, 1.165) is 26.5 Å². The molecular weight excluding hydrogens is 396 g/mol. The van der Waals surface area contributed by atoms with E-state index in [2.05, 4.69) is 20.8 Å². The molecule has 1 aliphatic carbocycles. The molecule has 1 aromatic carbocycles. The fourth-order valence-corrected chi connectivity index (χ4v) is 5.32. The lowest BCUT2D eigenvalue weighted by molar-refractivity contribution is -0.120. The van der Waals surface area contributed by atoms with Crippen LogP contribution in [0.2, 0.25) is 0 Å². The number of hydrogen-bond acceptors (Lipinski definition) is 8. The lowest BCUT2D eigenvalue weighted by atomic mass is 9.96. The van der Waals surface area contributed by atoms with Crippen LogP contribution in [0.4, 0.5) is 5.13 Å². The van der Waals surface area contributed by atoms with Crippen molar-refractivity contribution in [2.75, 3.05) is 12.1 Å². The largest absolute Gasteiger partial charge is 0.454 e. The van der Waals surface area contributed by atoms with Gasteiger partial charge >= 0.3 is 0 Å². The molecular formula is C19H24N4O3S2. The topological polar surface area (TPSA) is 85.4 Å². The van der Waals surface area contributed by atoms with Gasteiger partial charge < -0.3 is 20.1 Å². The first kappa shape index (κ1) is 19.3. The van der Waals surface area contributed by atoms with Gasteiger partial charge in [0.05, 0.1) is 5.25 Å². The van der Waals surface area contributed by atoms with Gasteiger partial charge in [0.1, 0.15) is 0 Å². The third kappa shape index (κ3) is 4.88. The minimum Gasteiger partial charge on any atom is -0.454 e. The minimum atomic E-state index is -0.246. The van der Waals surface area contributed by atoms with Gasteiger partial charge in [0.15, 0.2) is 15.8 Å². The van der Waals surface area contributed by atoms with Gasteiger partial charge in [-0.3, -0.25) is 4.79 Å². The fourth-order valence-electron chi connectivity index (χ4n) is 3.33. The number of carbonyl (C=O) groups is 1. The molecule has 1 saturated carbocycles. The first-order valence-corrected chi connectivity index (χ1v) is 11.3. The number of nitrogens with zero attached hydrogens (tertiary/aromatic N) is 2. The van der Waals surface area contributed by atoms with Gasteiger partial charge in [-0.1, -0.05) is 48.4 Å². The number of fused-ring (bicyclic) bond motifs is 1. The number of ether oxygens (including phenoxy) is 2. The van der Waals surface area contributed by atoms with E-state index in [0.29, 0.717) is 12.6 Å². The van der Waals surface area contributed by atoms with Gasteiger partial charge in [0.25, 0.3) is 0 Å². The van der Waals surface area contributed by atoms with E-state index in [9.17, 15) is 4.79 Å². The Morgan fingerprint density at radius 3 is 2.93 bits per heavy atom. The highest BCUT2D eigenvalue weighted by Gasteiger charge is 2.19. The molecule has 150 valence electrons. The number of nitrogens with one attached hydrogen (secondary N) is 2. The molecule has 0 radical (unpaired) electrons. The molecule has 0 bridgehead atoms. The van der Waals surface area contributed by atoms with Gasteiger partial charge in [-0.2, -0.15) is 0 Å². The van der Waals surface area contributed by atoms with E-state index in [1.54, 1.807) is 0 Å². The third-order valence-corrected chi connectivity index (χ3v) is 6.93. The summed E-state index contributed by atoms with van der Waals surface area (Å²) >= 11 is 2.96. The van der Waals surface area contributed by atoms with Crippen molar-refractivity contribution in [1.29, 1.82) is 0 Å². The van der Waals surface area contributed by atoms with Crippen molar-refractivity contribution in [2.24, 2.45) is 0 Å². The summed E-state index contributed by atoms with van der Waals surface area (Å²) in [6, 6.07) is 6.19. The monoisotopic (exact) mass is 420 g/mol. The average molecular weight is 421 g/mol. The highest BCUT2D eigenvalue weighted by atomic mass is 32.2. The second-order valence-corrected chi connectivity index (χ2v) is 9.58. The zero-order valence-electron chi connectivity index (χ0n) is 15.8. The van der Waals surface area contributed by atoms with Crippen LogP contribution in [0, 0.1) is 0 Å². The lowest BCUT2D eigenvalue weighted by Gasteiger charge is -2.21. The van der Waals surface area contributed by atoms with Crippen LogP contribution in [0.15, 0.2) is 22.5 Å². The van der Waals surface area contributed by atoms with Crippen LogP contribution in [-0.2, 0) is 11.3 Å². The van der Waals surface area contributed by atoms with Crippen molar-refractivity contribution < 1.29 is 14.3 Å². The molecule has 28 heavy (non-hydrogen) atoms. The van der Waals surface area contributed by atoms with Crippen molar-refractivity contribution in [1.82, 2.24) is 15.5 Å². The zero-order valence-corrected chi connectivity index (χ0v) is 17.4. The highest BCUT2D eigenvalue weighted by molar-refractivity contribution is 8.02. The van der Waals surface area contributed by atoms with Crippen LogP contribution in [0.25, 0.3) is 0 Å². The summed E-state index contributed by atoms with van der Waals surface area (Å²) in [5, 5.41) is 15.5. The molecule has 9 heteroatoms. The molecule has 7 nitrogen and oxygen atoms in total. The number of rotatable bonds is 7. The van der Waals surface area contributed by atoms with Gasteiger partial charge in [-0.25, -0.2) is 0 Å². The SMILES string of the molecule is C[C@H](Sc1nnc(NC2CCCCC2)s1)C(=O)NCc1ccc2c(c1)OCO2. The predicted octanol–water partition coefficient (Wildman–Crippen LogP) is 3.81. The number of carbonyl (C=O) groups excluding carboxylic acids is 1. The summed E-state index contributed by atoms with van der Waals surface area (Å²) in [5.74, 6) is 1.44. The summed E-state index contributed by atoms with van der Waals surface area (Å²) in [6.45, 7) is 2.58. The summed E-state index contributed by atoms with van der Waals surface area (Å²) in [5.41, 5.74) is 0.977. The summed E-state index contributed by atoms with van der Waals surface area (Å²) < 4.78 is 11.5. The van der Waals surface area contributed by atoms with Crippen LogP contribution < -0.4 is 20.1 Å². The normalized spacial score (nSPS) is 17.3. The molecule has 0 spiro atoms. The Labute approximate surface area is 172 Å². The molecule has 1 amide bonds. The van der Waals surface area contributed by atoms with Crippen LogP contribution in [-0.4, -0.2) is 34.2 Å². The molecule has 0 saturated heterocycles. The van der Waals surface area contributed by atoms with E-state index in [-0.39, 0.29) is 18.0 Å². The second kappa shape index (κ2) is 9.00. The first-order valence-electron chi connectivity index (χ1n) is 9.60. The molecule has 4 rings (SSSR count). The molecule has 1 atom stereocenters. The second-order valence-electron chi connectivity index (χ2n) is 7.02. The average Bonchev–Trinajstić information content (AvgIpc) is 3.35. The highest BCUT2D eigenvalue weighted by Crippen LogP contribution is 2.33. The predicted molar refractivity (Wildman–Crippen MR) is 110 cm³/mol. The lowest BCUT2D eigenvalue weighted by Crippen LogP contribution is -2.30. The Hall–Kier alpha value is -2.00. The Balaban J connectivity index is 1.25. The number of benzene rings is 1. The first-order chi connectivity index (χ1) is 13.7. The van der Waals surface area contributed by atoms with E-state index in [4.69, 9.17) is 9.47 Å². The van der Waals surface area contributed by atoms with Crippen LogP contribution in [0.5, 0.6) is 11.5 Å². The fraction of sp³-hybridized carbons (Fsp3) is 0.526. The van der Waals surface area contributed by atoms with Gasteiger partial charge in [0.2, 0.25) is 17.8 Å². The molecule has 1 fully saturated rings. The Morgan fingerprint density at radius 2 is 2.07 bits per heavy atom. The van der Waals surface area contributed by atoms with E-state index in [1.807, 2.05) is 25.1 Å². The van der Waals surface area contributed by atoms with E-state index >= 15 is 0 Å². The van der Waals surface area contributed by atoms with Gasteiger partial charge in [0, 0.05) is 12.6 Å². The van der Waals surface area contributed by atoms with E-state index < -0.39 is 0 Å². The molecule has 1 aromatic heterocycles. The number of anilines is 1. The van der Waals surface area contributed by atoms with Crippen molar-refractivity contribution in [2.45, 2.75) is 61.2 Å². The molecule has 1 aliphatic heterocycles. The maximum absolute atomic E-state index is 12.4. The standard InChI is InChI=1S/C19H24N4O3S2/c1-12(17(24)20-10-13-7-8-15-16(9-13)26-11-25-15)27-19-23-22-18(28-19)21-14-5-3-2-4-6-14/h7-9,12,14H,2-6,10-11H2,1H3,(H,20,24)(H,21,22)/t12-/m0/s1. The number of thioether (sulfide) groups is 1. The Bertz CT molecular complexity index is 823. The van der Waals surface area contributed by atoms with Gasteiger partial charge in [-0.05, 0) is 37.5 Å². The maximum atomic E-state index is 12.4.